The number of amides is 1. The molecule has 0 aliphatic heterocycles. The van der Waals surface area contributed by atoms with E-state index in [4.69, 9.17) is 4.74 Å². The van der Waals surface area contributed by atoms with Crippen molar-refractivity contribution in [2.75, 3.05) is 11.9 Å². The van der Waals surface area contributed by atoms with Gasteiger partial charge in [-0.2, -0.15) is 0 Å². The van der Waals surface area contributed by atoms with Gasteiger partial charge in [-0.25, -0.2) is 15.1 Å². The molecule has 0 aliphatic rings. The maximum Gasteiger partial charge on any atom is 0.339 e. The van der Waals surface area contributed by atoms with Gasteiger partial charge in [0.05, 0.1) is 17.9 Å². The molecule has 1 amide bonds. The summed E-state index contributed by atoms with van der Waals surface area (Å²) in [6, 6.07) is 12.7. The van der Waals surface area contributed by atoms with E-state index in [0.29, 0.717) is 18.0 Å². The summed E-state index contributed by atoms with van der Waals surface area (Å²) >= 11 is 0. The molecule has 1 aromatic heterocycles. The second-order valence-electron chi connectivity index (χ2n) is 4.16. The number of pyridine rings is 1. The van der Waals surface area contributed by atoms with Crippen molar-refractivity contribution in [2.45, 2.75) is 13.8 Å². The molecule has 2 N–H and O–H groups in total. The molecule has 0 spiro atoms. The minimum absolute atomic E-state index is 0.148. The van der Waals surface area contributed by atoms with E-state index in [1.807, 2.05) is 32.0 Å². The fraction of sp³-hybridized carbons (Fsp3) is 0.200. The highest BCUT2D eigenvalue weighted by atomic mass is 16.5. The van der Waals surface area contributed by atoms with Crippen LogP contribution in [-0.4, -0.2) is 12.5 Å². The van der Waals surface area contributed by atoms with Gasteiger partial charge in [-0.05, 0) is 44.2 Å². The van der Waals surface area contributed by atoms with Crippen LogP contribution in [0.4, 0.5) is 5.82 Å². The van der Waals surface area contributed by atoms with Crippen LogP contribution in [0, 0.1) is 6.92 Å². The van der Waals surface area contributed by atoms with Crippen molar-refractivity contribution in [1.82, 2.24) is 0 Å². The second kappa shape index (κ2) is 6.00. The number of anilines is 1. The monoisotopic (exact) mass is 257 g/mol. The number of aromatic amines is 1. The SMILES string of the molecule is CCOc1ccc(C(=O)Nc2cccc(C)[nH+]2)cc1. The lowest BCUT2D eigenvalue weighted by Crippen LogP contribution is -2.20. The Morgan fingerprint density at radius 1 is 1.21 bits per heavy atom. The second-order valence-corrected chi connectivity index (χ2v) is 4.16. The molecule has 19 heavy (non-hydrogen) atoms. The van der Waals surface area contributed by atoms with Gasteiger partial charge >= 0.3 is 5.91 Å². The Balaban J connectivity index is 2.07. The van der Waals surface area contributed by atoms with E-state index < -0.39 is 0 Å². The molecule has 0 aliphatic carbocycles. The highest BCUT2D eigenvalue weighted by Crippen LogP contribution is 2.13. The average Bonchev–Trinajstić information content (AvgIpc) is 2.40. The molecular weight excluding hydrogens is 240 g/mol. The first kappa shape index (κ1) is 13.1. The highest BCUT2D eigenvalue weighted by molar-refractivity contribution is 6.03. The summed E-state index contributed by atoms with van der Waals surface area (Å²) in [5, 5.41) is 2.82. The van der Waals surface area contributed by atoms with E-state index in [0.717, 1.165) is 11.4 Å². The number of benzene rings is 1. The smallest absolute Gasteiger partial charge is 0.339 e. The van der Waals surface area contributed by atoms with Gasteiger partial charge in [0.2, 0.25) is 0 Å². The van der Waals surface area contributed by atoms with Crippen LogP contribution in [0.5, 0.6) is 5.75 Å². The van der Waals surface area contributed by atoms with Crippen LogP contribution < -0.4 is 15.0 Å². The normalized spacial score (nSPS) is 10.0. The standard InChI is InChI=1S/C15H16N2O2/c1-3-19-13-9-7-12(8-10-13)15(18)17-14-6-4-5-11(2)16-14/h4-10H,3H2,1-2H3,(H,16,17,18)/p+1. The van der Waals surface area contributed by atoms with E-state index >= 15 is 0 Å². The summed E-state index contributed by atoms with van der Waals surface area (Å²) in [4.78, 5) is 15.1. The zero-order valence-electron chi connectivity index (χ0n) is 11.1. The van der Waals surface area contributed by atoms with Gasteiger partial charge in [0, 0.05) is 6.07 Å². The van der Waals surface area contributed by atoms with Gasteiger partial charge in [-0.15, -0.1) is 0 Å². The maximum atomic E-state index is 12.0. The fourth-order valence-electron chi connectivity index (χ4n) is 1.72. The van der Waals surface area contributed by atoms with Crippen molar-refractivity contribution in [2.24, 2.45) is 0 Å². The zero-order valence-corrected chi connectivity index (χ0v) is 11.1. The molecule has 0 saturated heterocycles. The Kier molecular flexibility index (Phi) is 4.13. The van der Waals surface area contributed by atoms with Gasteiger partial charge in [0.15, 0.2) is 0 Å². The number of ether oxygens (including phenoxy) is 1. The highest BCUT2D eigenvalue weighted by Gasteiger charge is 2.12. The van der Waals surface area contributed by atoms with Gasteiger partial charge < -0.3 is 4.74 Å². The Bertz CT molecular complexity index is 565. The van der Waals surface area contributed by atoms with Crippen LogP contribution >= 0.6 is 0 Å². The van der Waals surface area contributed by atoms with Crippen molar-refractivity contribution >= 4 is 11.7 Å². The van der Waals surface area contributed by atoms with Gasteiger partial charge in [0.1, 0.15) is 5.75 Å². The number of nitrogens with one attached hydrogen (secondary N) is 2. The van der Waals surface area contributed by atoms with E-state index in [1.54, 1.807) is 24.3 Å². The molecule has 98 valence electrons. The first-order valence-electron chi connectivity index (χ1n) is 6.22. The molecule has 0 saturated carbocycles. The lowest BCUT2D eigenvalue weighted by atomic mass is 10.2. The summed E-state index contributed by atoms with van der Waals surface area (Å²) in [6.07, 6.45) is 0. The summed E-state index contributed by atoms with van der Waals surface area (Å²) in [6.45, 7) is 4.48. The molecule has 4 nitrogen and oxygen atoms in total. The number of rotatable bonds is 4. The van der Waals surface area contributed by atoms with Crippen LogP contribution in [0.1, 0.15) is 23.0 Å². The number of aromatic nitrogens is 1. The number of carbonyl (C=O) groups excluding carboxylic acids is 1. The van der Waals surface area contributed by atoms with Crippen molar-refractivity contribution in [3.8, 4) is 5.75 Å². The molecule has 2 rings (SSSR count). The lowest BCUT2D eigenvalue weighted by Gasteiger charge is -2.03. The number of carbonyl (C=O) groups is 1. The molecule has 0 unspecified atom stereocenters. The Morgan fingerprint density at radius 2 is 1.95 bits per heavy atom. The third kappa shape index (κ3) is 3.55. The van der Waals surface area contributed by atoms with Crippen LogP contribution in [-0.2, 0) is 0 Å². The minimum atomic E-state index is -0.148. The summed E-state index contributed by atoms with van der Waals surface area (Å²) in [7, 11) is 0. The zero-order chi connectivity index (χ0) is 13.7. The van der Waals surface area contributed by atoms with Crippen LogP contribution in [0.25, 0.3) is 0 Å². The van der Waals surface area contributed by atoms with E-state index in [-0.39, 0.29) is 5.91 Å². The molecule has 4 heteroatoms. The van der Waals surface area contributed by atoms with Crippen LogP contribution in [0.3, 0.4) is 0 Å². The molecule has 0 radical (unpaired) electrons. The summed E-state index contributed by atoms with van der Waals surface area (Å²) in [5.41, 5.74) is 1.59. The topological polar surface area (TPSA) is 52.5 Å². The van der Waals surface area contributed by atoms with Gasteiger partial charge in [0.25, 0.3) is 5.82 Å². The van der Waals surface area contributed by atoms with Gasteiger partial charge in [-0.1, -0.05) is 6.07 Å². The van der Waals surface area contributed by atoms with Crippen molar-refractivity contribution in [1.29, 1.82) is 0 Å². The Labute approximate surface area is 112 Å². The third-order valence-corrected chi connectivity index (χ3v) is 2.62. The van der Waals surface area contributed by atoms with Crippen molar-refractivity contribution < 1.29 is 14.5 Å². The first-order chi connectivity index (χ1) is 9.19. The molecule has 0 atom stereocenters. The predicted molar refractivity (Wildman–Crippen MR) is 73.3 cm³/mol. The third-order valence-electron chi connectivity index (χ3n) is 2.62. The quantitative estimate of drug-likeness (QED) is 0.914. The van der Waals surface area contributed by atoms with E-state index in [9.17, 15) is 4.79 Å². The van der Waals surface area contributed by atoms with Gasteiger partial charge in [-0.3, -0.25) is 0 Å². The lowest BCUT2D eigenvalue weighted by molar-refractivity contribution is -0.370. The number of H-pyrrole nitrogens is 1. The van der Waals surface area contributed by atoms with Crippen LogP contribution in [0.2, 0.25) is 0 Å². The average molecular weight is 257 g/mol. The van der Waals surface area contributed by atoms with Crippen molar-refractivity contribution in [3.05, 3.63) is 53.7 Å². The molecule has 1 heterocycles. The first-order valence-corrected chi connectivity index (χ1v) is 6.22. The predicted octanol–water partition coefficient (Wildman–Crippen LogP) is 2.46. The van der Waals surface area contributed by atoms with E-state index in [2.05, 4.69) is 10.3 Å². The summed E-state index contributed by atoms with van der Waals surface area (Å²) < 4.78 is 5.34. The van der Waals surface area contributed by atoms with Crippen LogP contribution in [0.15, 0.2) is 42.5 Å². The Hall–Kier alpha value is -2.36. The largest absolute Gasteiger partial charge is 0.494 e. The Morgan fingerprint density at radius 3 is 2.58 bits per heavy atom. The molecule has 2 aromatic rings. The molecule has 0 bridgehead atoms. The maximum absolute atomic E-state index is 12.0. The fourth-order valence-corrected chi connectivity index (χ4v) is 1.72. The molecule has 0 fully saturated rings. The summed E-state index contributed by atoms with van der Waals surface area (Å²) in [5.74, 6) is 1.30. The number of hydrogen-bond acceptors (Lipinski definition) is 2. The minimum Gasteiger partial charge on any atom is -0.494 e. The van der Waals surface area contributed by atoms with Crippen molar-refractivity contribution in [3.63, 3.8) is 0 Å². The number of aryl methyl sites for hydroxylation is 1. The van der Waals surface area contributed by atoms with E-state index in [1.165, 1.54) is 0 Å². The number of hydrogen-bond donors (Lipinski definition) is 1. The molecule has 1 aromatic carbocycles. The molecular formula is C15H17N2O2+.